The van der Waals surface area contributed by atoms with E-state index < -0.39 is 11.8 Å². The largest absolute Gasteiger partial charge is 0.514 e. The van der Waals surface area contributed by atoms with Crippen LogP contribution in [0.2, 0.25) is 0 Å². The van der Waals surface area contributed by atoms with Crippen molar-refractivity contribution in [2.75, 3.05) is 0 Å². The summed E-state index contributed by atoms with van der Waals surface area (Å²) in [4.78, 5) is 22.4. The minimum atomic E-state index is -0.710. The molecule has 3 aromatic carbocycles. The van der Waals surface area contributed by atoms with Crippen molar-refractivity contribution in [3.8, 4) is 28.1 Å². The molecule has 1 aliphatic carbocycles. The zero-order valence-corrected chi connectivity index (χ0v) is 27.9. The second kappa shape index (κ2) is 13.5. The first-order valence-electron chi connectivity index (χ1n) is 16.8. The van der Waals surface area contributed by atoms with E-state index in [1.807, 2.05) is 45.3 Å². The van der Waals surface area contributed by atoms with Gasteiger partial charge in [-0.25, -0.2) is 14.8 Å². The Morgan fingerprint density at radius 3 is 2.41 bits per heavy atom. The van der Waals surface area contributed by atoms with Crippen LogP contribution >= 0.6 is 0 Å². The molecule has 2 heterocycles. The van der Waals surface area contributed by atoms with Crippen LogP contribution in [0.3, 0.4) is 0 Å². The highest BCUT2D eigenvalue weighted by atomic mass is 16.7. The van der Waals surface area contributed by atoms with Crippen LogP contribution in [0.4, 0.5) is 4.79 Å². The number of carbonyl (C=O) groups is 1. The molecular formula is C39H46N4O3. The van der Waals surface area contributed by atoms with Gasteiger partial charge in [-0.05, 0) is 81.8 Å². The van der Waals surface area contributed by atoms with Crippen LogP contribution in [0.25, 0.3) is 33.4 Å². The predicted molar refractivity (Wildman–Crippen MR) is 184 cm³/mol. The number of carbonyl (C=O) groups excluding carboxylic acids is 1. The number of para-hydroxylation sites is 1. The molecule has 0 N–H and O–H groups in total. The lowest BCUT2D eigenvalue weighted by molar-refractivity contribution is 0.0207. The Bertz CT molecular complexity index is 1800. The fourth-order valence-corrected chi connectivity index (χ4v) is 6.55. The summed E-state index contributed by atoms with van der Waals surface area (Å²) in [5, 5.41) is 0. The summed E-state index contributed by atoms with van der Waals surface area (Å²) in [7, 11) is 0. The highest BCUT2D eigenvalue weighted by molar-refractivity contribution is 5.85. The first-order chi connectivity index (χ1) is 22.2. The van der Waals surface area contributed by atoms with Crippen molar-refractivity contribution in [2.45, 2.75) is 104 Å². The van der Waals surface area contributed by atoms with Crippen LogP contribution in [0.15, 0.2) is 73.2 Å². The minimum Gasteiger partial charge on any atom is -0.428 e. The zero-order chi connectivity index (χ0) is 32.3. The Balaban J connectivity index is 1.28. The van der Waals surface area contributed by atoms with Crippen LogP contribution in [0.5, 0.6) is 5.75 Å². The number of hydrogen-bond acceptors (Lipinski definition) is 5. The van der Waals surface area contributed by atoms with Crippen molar-refractivity contribution in [1.29, 1.82) is 0 Å². The van der Waals surface area contributed by atoms with E-state index in [0.29, 0.717) is 18.3 Å². The van der Waals surface area contributed by atoms with Gasteiger partial charge in [0.2, 0.25) is 0 Å². The topological polar surface area (TPSA) is 71.2 Å². The van der Waals surface area contributed by atoms with Crippen LogP contribution in [-0.2, 0) is 17.7 Å². The molecule has 7 heteroatoms. The molecule has 0 spiro atoms. The molecule has 5 aromatic rings. The van der Waals surface area contributed by atoms with Gasteiger partial charge in [-0.1, -0.05) is 75.1 Å². The standard InChI is InChI=1S/C39H46N4O3/c1-6-13-36-41-37-27(2)22-30(33-25-42(26-40-33)31-14-9-7-8-10-15-31)23-34(37)43(36)24-28-18-20-29(21-19-28)32-16-11-12-17-35(32)45-38(44)46-39(3,4)5/h11-12,16-23,25-26,31H,6-10,13-15,24H2,1-5H3. The maximum atomic E-state index is 12.4. The van der Waals surface area contributed by atoms with Gasteiger partial charge >= 0.3 is 6.16 Å². The maximum Gasteiger partial charge on any atom is 0.514 e. The summed E-state index contributed by atoms with van der Waals surface area (Å²) in [6.07, 6.45) is 13.3. The summed E-state index contributed by atoms with van der Waals surface area (Å²) in [6.45, 7) is 10.5. The highest BCUT2D eigenvalue weighted by Gasteiger charge is 2.21. The van der Waals surface area contributed by atoms with Gasteiger partial charge in [0.15, 0.2) is 0 Å². The van der Waals surface area contributed by atoms with Crippen LogP contribution in [0.1, 0.15) is 95.6 Å². The van der Waals surface area contributed by atoms with Gasteiger partial charge in [-0.3, -0.25) is 0 Å². The number of imidazole rings is 2. The Hall–Kier alpha value is -4.39. The van der Waals surface area contributed by atoms with Gasteiger partial charge in [0.1, 0.15) is 17.2 Å². The number of aromatic nitrogens is 4. The minimum absolute atomic E-state index is 0.472. The lowest BCUT2D eigenvalue weighted by Gasteiger charge is -2.19. The third-order valence-electron chi connectivity index (χ3n) is 8.82. The molecule has 0 amide bonds. The van der Waals surface area contributed by atoms with Gasteiger partial charge in [0, 0.05) is 36.3 Å². The van der Waals surface area contributed by atoms with Gasteiger partial charge in [0.25, 0.3) is 0 Å². The normalized spacial score (nSPS) is 14.4. The molecule has 240 valence electrons. The molecule has 2 aromatic heterocycles. The fourth-order valence-electron chi connectivity index (χ4n) is 6.55. The van der Waals surface area contributed by atoms with Gasteiger partial charge in [0.05, 0.1) is 23.1 Å². The van der Waals surface area contributed by atoms with Crippen LogP contribution in [-0.4, -0.2) is 30.9 Å². The van der Waals surface area contributed by atoms with Crippen molar-refractivity contribution < 1.29 is 14.3 Å². The van der Waals surface area contributed by atoms with Crippen molar-refractivity contribution in [3.05, 3.63) is 90.1 Å². The maximum absolute atomic E-state index is 12.4. The molecule has 1 fully saturated rings. The smallest absolute Gasteiger partial charge is 0.428 e. The molecule has 1 saturated carbocycles. The zero-order valence-electron chi connectivity index (χ0n) is 27.9. The monoisotopic (exact) mass is 618 g/mol. The van der Waals surface area contributed by atoms with Crippen molar-refractivity contribution in [2.24, 2.45) is 0 Å². The lowest BCUT2D eigenvalue weighted by Crippen LogP contribution is -2.26. The highest BCUT2D eigenvalue weighted by Crippen LogP contribution is 2.33. The molecule has 0 radical (unpaired) electrons. The molecule has 0 bridgehead atoms. The molecule has 6 rings (SSSR count). The molecule has 0 aliphatic heterocycles. The third kappa shape index (κ3) is 7.19. The summed E-state index contributed by atoms with van der Waals surface area (Å²) < 4.78 is 15.7. The van der Waals surface area contributed by atoms with Crippen molar-refractivity contribution in [3.63, 3.8) is 0 Å². The summed E-state index contributed by atoms with van der Waals surface area (Å²) in [5.41, 5.74) is 7.88. The second-order valence-electron chi connectivity index (χ2n) is 13.6. The van der Waals surface area contributed by atoms with Crippen LogP contribution in [0, 0.1) is 6.92 Å². The Morgan fingerprint density at radius 2 is 1.70 bits per heavy atom. The number of aryl methyl sites for hydroxylation is 2. The summed E-state index contributed by atoms with van der Waals surface area (Å²) in [6, 6.07) is 21.1. The average Bonchev–Trinajstić information content (AvgIpc) is 3.53. The van der Waals surface area contributed by atoms with E-state index in [-0.39, 0.29) is 0 Å². The summed E-state index contributed by atoms with van der Waals surface area (Å²) >= 11 is 0. The van der Waals surface area contributed by atoms with E-state index in [1.54, 1.807) is 6.07 Å². The van der Waals surface area contributed by atoms with E-state index >= 15 is 0 Å². The molecule has 1 aliphatic rings. The summed E-state index contributed by atoms with van der Waals surface area (Å²) in [5.74, 6) is 1.57. The molecule has 0 saturated heterocycles. The van der Waals surface area contributed by atoms with E-state index in [0.717, 1.165) is 52.1 Å². The molecule has 0 unspecified atom stereocenters. The first-order valence-corrected chi connectivity index (χ1v) is 16.8. The first kappa shape index (κ1) is 31.6. The third-order valence-corrected chi connectivity index (χ3v) is 8.82. The number of nitrogens with zero attached hydrogens (tertiary/aromatic N) is 4. The molecular weight excluding hydrogens is 572 g/mol. The lowest BCUT2D eigenvalue weighted by atomic mass is 10.0. The Morgan fingerprint density at radius 1 is 0.957 bits per heavy atom. The average molecular weight is 619 g/mol. The number of hydrogen-bond donors (Lipinski definition) is 0. The van der Waals surface area contributed by atoms with Crippen molar-refractivity contribution in [1.82, 2.24) is 19.1 Å². The van der Waals surface area contributed by atoms with E-state index in [1.165, 1.54) is 49.7 Å². The van der Waals surface area contributed by atoms with Gasteiger partial charge in [-0.15, -0.1) is 0 Å². The molecule has 46 heavy (non-hydrogen) atoms. The number of ether oxygens (including phenoxy) is 2. The Labute approximate surface area is 272 Å². The second-order valence-corrected chi connectivity index (χ2v) is 13.6. The molecule has 0 atom stereocenters. The quantitative estimate of drug-likeness (QED) is 0.0983. The SMILES string of the molecule is CCCc1nc2c(C)cc(-c3cn(C4CCCCCC4)cn3)cc2n1Cc1ccc(-c2ccccc2OC(=O)OC(C)(C)C)cc1. The van der Waals surface area contributed by atoms with E-state index in [2.05, 4.69) is 65.6 Å². The number of fused-ring (bicyclic) bond motifs is 1. The van der Waals surface area contributed by atoms with Gasteiger partial charge in [-0.2, -0.15) is 0 Å². The van der Waals surface area contributed by atoms with E-state index in [4.69, 9.17) is 19.4 Å². The predicted octanol–water partition coefficient (Wildman–Crippen LogP) is 10.1. The Kier molecular flexibility index (Phi) is 9.29. The van der Waals surface area contributed by atoms with E-state index in [9.17, 15) is 4.79 Å². The molecule has 7 nitrogen and oxygen atoms in total. The number of benzene rings is 3. The van der Waals surface area contributed by atoms with Gasteiger partial charge < -0.3 is 18.6 Å². The van der Waals surface area contributed by atoms with Crippen LogP contribution < -0.4 is 4.74 Å². The number of rotatable bonds is 8. The van der Waals surface area contributed by atoms with Crippen molar-refractivity contribution >= 4 is 17.2 Å². The fraction of sp³-hybridized carbons (Fsp3) is 0.410.